The highest BCUT2D eigenvalue weighted by Gasteiger charge is 2.34. The third-order valence-corrected chi connectivity index (χ3v) is 5.14. The Morgan fingerprint density at radius 2 is 1.93 bits per heavy atom. The molecule has 1 aromatic carbocycles. The summed E-state index contributed by atoms with van der Waals surface area (Å²) in [6.45, 7) is 1.26. The van der Waals surface area contributed by atoms with Gasteiger partial charge in [-0.25, -0.2) is 0 Å². The van der Waals surface area contributed by atoms with Gasteiger partial charge in [0.2, 0.25) is 11.8 Å². The minimum absolute atomic E-state index is 0.0549. The molecule has 0 radical (unpaired) electrons. The molecule has 0 aliphatic carbocycles. The van der Waals surface area contributed by atoms with Crippen molar-refractivity contribution >= 4 is 29.1 Å². The summed E-state index contributed by atoms with van der Waals surface area (Å²) in [6, 6.07) is 6.72. The largest absolute Gasteiger partial charge is 0.467 e. The molecule has 0 bridgehead atoms. The lowest BCUT2D eigenvalue weighted by Crippen LogP contribution is -2.43. The predicted octanol–water partition coefficient (Wildman–Crippen LogP) is 3.92. The fourth-order valence-corrected chi connectivity index (χ4v) is 3.51. The lowest BCUT2D eigenvalue weighted by atomic mass is 9.96. The van der Waals surface area contributed by atoms with Crippen LogP contribution in [-0.4, -0.2) is 36.3 Å². The molecule has 6 nitrogen and oxygen atoms in total. The van der Waals surface area contributed by atoms with Gasteiger partial charge < -0.3 is 15.1 Å². The van der Waals surface area contributed by atoms with Gasteiger partial charge >= 0.3 is 6.18 Å². The second-order valence-electron chi connectivity index (χ2n) is 7.08. The van der Waals surface area contributed by atoms with E-state index in [9.17, 15) is 22.8 Å². The van der Waals surface area contributed by atoms with E-state index < -0.39 is 17.6 Å². The smallest absolute Gasteiger partial charge is 0.418 e. The molecular formula is C20H21ClF3N3O3. The van der Waals surface area contributed by atoms with Gasteiger partial charge in [-0.2, -0.15) is 13.2 Å². The molecule has 1 aromatic heterocycles. The molecule has 162 valence electrons. The maximum atomic E-state index is 13.1. The molecule has 2 heterocycles. The van der Waals surface area contributed by atoms with Crippen molar-refractivity contribution in [3.8, 4) is 0 Å². The summed E-state index contributed by atoms with van der Waals surface area (Å²) in [6.07, 6.45) is -1.97. The summed E-state index contributed by atoms with van der Waals surface area (Å²) in [5.74, 6) is -0.139. The Morgan fingerprint density at radius 3 is 2.57 bits per heavy atom. The first-order chi connectivity index (χ1) is 14.2. The van der Waals surface area contributed by atoms with Crippen LogP contribution in [0.1, 0.15) is 24.2 Å². The molecule has 0 saturated carbocycles. The lowest BCUT2D eigenvalue weighted by molar-refractivity contribution is -0.137. The molecule has 2 amide bonds. The fraction of sp³-hybridized carbons (Fsp3) is 0.400. The number of hydrogen-bond donors (Lipinski definition) is 2. The Hall–Kier alpha value is -2.52. The van der Waals surface area contributed by atoms with Gasteiger partial charge in [-0.3, -0.25) is 14.5 Å². The normalized spacial score (nSPS) is 15.7. The SMILES string of the molecule is O=C(CN1CCC(C(=O)NCc2ccco2)CC1)Nc1ccc(Cl)cc1C(F)(F)F. The zero-order chi connectivity index (χ0) is 21.7. The summed E-state index contributed by atoms with van der Waals surface area (Å²) < 4.78 is 44.6. The number of piperidine rings is 1. The number of carbonyl (C=O) groups is 2. The zero-order valence-electron chi connectivity index (χ0n) is 16.0. The van der Waals surface area contributed by atoms with Crippen molar-refractivity contribution in [2.75, 3.05) is 25.0 Å². The van der Waals surface area contributed by atoms with Crippen LogP contribution in [0.25, 0.3) is 0 Å². The Balaban J connectivity index is 1.47. The molecule has 3 rings (SSSR count). The third kappa shape index (κ3) is 5.99. The number of alkyl halides is 3. The molecule has 0 unspecified atom stereocenters. The topological polar surface area (TPSA) is 74.6 Å². The number of amides is 2. The van der Waals surface area contributed by atoms with Gasteiger partial charge in [0.05, 0.1) is 30.6 Å². The maximum Gasteiger partial charge on any atom is 0.418 e. The van der Waals surface area contributed by atoms with Gasteiger partial charge in [-0.1, -0.05) is 11.6 Å². The first-order valence-electron chi connectivity index (χ1n) is 9.41. The van der Waals surface area contributed by atoms with Crippen LogP contribution in [0.2, 0.25) is 5.02 Å². The number of furan rings is 1. The highest BCUT2D eigenvalue weighted by Crippen LogP contribution is 2.36. The molecule has 1 aliphatic rings. The van der Waals surface area contributed by atoms with Crippen LogP contribution in [0.4, 0.5) is 18.9 Å². The average molecular weight is 444 g/mol. The van der Waals surface area contributed by atoms with E-state index in [0.29, 0.717) is 38.2 Å². The van der Waals surface area contributed by atoms with E-state index >= 15 is 0 Å². The Labute approximate surface area is 176 Å². The molecule has 2 N–H and O–H groups in total. The Kier molecular flexibility index (Phi) is 7.04. The number of carbonyl (C=O) groups excluding carboxylic acids is 2. The van der Waals surface area contributed by atoms with E-state index in [2.05, 4.69) is 10.6 Å². The number of likely N-dealkylation sites (tertiary alicyclic amines) is 1. The van der Waals surface area contributed by atoms with Crippen LogP contribution in [0.5, 0.6) is 0 Å². The Morgan fingerprint density at radius 1 is 1.20 bits per heavy atom. The summed E-state index contributed by atoms with van der Waals surface area (Å²) in [5, 5.41) is 5.07. The number of benzene rings is 1. The summed E-state index contributed by atoms with van der Waals surface area (Å²) in [7, 11) is 0. The van der Waals surface area contributed by atoms with Crippen molar-refractivity contribution in [3.63, 3.8) is 0 Å². The number of anilines is 1. The average Bonchev–Trinajstić information content (AvgIpc) is 3.21. The Bertz CT molecular complexity index is 879. The highest BCUT2D eigenvalue weighted by atomic mass is 35.5. The summed E-state index contributed by atoms with van der Waals surface area (Å²) in [4.78, 5) is 26.3. The first-order valence-corrected chi connectivity index (χ1v) is 9.79. The van der Waals surface area contributed by atoms with Crippen LogP contribution in [-0.2, 0) is 22.3 Å². The predicted molar refractivity (Wildman–Crippen MR) is 105 cm³/mol. The molecular weight excluding hydrogens is 423 g/mol. The van der Waals surface area contributed by atoms with Crippen LogP contribution >= 0.6 is 11.6 Å². The third-order valence-electron chi connectivity index (χ3n) is 4.90. The molecule has 30 heavy (non-hydrogen) atoms. The van der Waals surface area contributed by atoms with Gasteiger partial charge in [0, 0.05) is 10.9 Å². The van der Waals surface area contributed by atoms with E-state index in [0.717, 1.165) is 12.1 Å². The number of nitrogens with one attached hydrogen (secondary N) is 2. The summed E-state index contributed by atoms with van der Waals surface area (Å²) in [5.41, 5.74) is -1.32. The summed E-state index contributed by atoms with van der Waals surface area (Å²) >= 11 is 5.65. The van der Waals surface area contributed by atoms with E-state index in [1.54, 1.807) is 12.1 Å². The molecule has 0 atom stereocenters. The zero-order valence-corrected chi connectivity index (χ0v) is 16.7. The highest BCUT2D eigenvalue weighted by molar-refractivity contribution is 6.30. The van der Waals surface area contributed by atoms with Crippen molar-refractivity contribution in [3.05, 3.63) is 52.9 Å². The minimum Gasteiger partial charge on any atom is -0.467 e. The lowest BCUT2D eigenvalue weighted by Gasteiger charge is -2.30. The molecule has 10 heteroatoms. The second-order valence-corrected chi connectivity index (χ2v) is 7.52. The van der Waals surface area contributed by atoms with E-state index in [4.69, 9.17) is 16.0 Å². The van der Waals surface area contributed by atoms with Gasteiger partial charge in [0.25, 0.3) is 0 Å². The maximum absolute atomic E-state index is 13.1. The van der Waals surface area contributed by atoms with Crippen molar-refractivity contribution < 1.29 is 27.2 Å². The molecule has 1 fully saturated rings. The van der Waals surface area contributed by atoms with Crippen LogP contribution in [0, 0.1) is 5.92 Å². The van der Waals surface area contributed by atoms with Gasteiger partial charge in [-0.05, 0) is 56.3 Å². The monoisotopic (exact) mass is 443 g/mol. The number of hydrogen-bond acceptors (Lipinski definition) is 4. The number of halogens is 4. The van der Waals surface area contributed by atoms with Crippen molar-refractivity contribution in [2.24, 2.45) is 5.92 Å². The molecule has 0 spiro atoms. The van der Waals surface area contributed by atoms with Gasteiger partial charge in [0.15, 0.2) is 0 Å². The van der Waals surface area contributed by atoms with Crippen molar-refractivity contribution in [1.82, 2.24) is 10.2 Å². The van der Waals surface area contributed by atoms with Gasteiger partial charge in [-0.15, -0.1) is 0 Å². The van der Waals surface area contributed by atoms with E-state index in [-0.39, 0.29) is 29.1 Å². The van der Waals surface area contributed by atoms with Crippen LogP contribution in [0.3, 0.4) is 0 Å². The second kappa shape index (κ2) is 9.53. The van der Waals surface area contributed by atoms with E-state index in [1.807, 2.05) is 4.90 Å². The van der Waals surface area contributed by atoms with E-state index in [1.165, 1.54) is 12.3 Å². The number of nitrogens with zero attached hydrogens (tertiary/aromatic N) is 1. The first kappa shape index (κ1) is 22.2. The number of rotatable bonds is 6. The van der Waals surface area contributed by atoms with Crippen LogP contribution in [0.15, 0.2) is 41.0 Å². The molecule has 2 aromatic rings. The quantitative estimate of drug-likeness (QED) is 0.709. The van der Waals surface area contributed by atoms with Gasteiger partial charge in [0.1, 0.15) is 5.76 Å². The standard InChI is InChI=1S/C20H21ClF3N3O3/c21-14-3-4-17(16(10-14)20(22,23)24)26-18(28)12-27-7-5-13(6-8-27)19(29)25-11-15-2-1-9-30-15/h1-4,9-10,13H,5-8,11-12H2,(H,25,29)(H,26,28). The van der Waals surface area contributed by atoms with Crippen molar-refractivity contribution in [1.29, 1.82) is 0 Å². The molecule has 1 saturated heterocycles. The van der Waals surface area contributed by atoms with Crippen molar-refractivity contribution in [2.45, 2.75) is 25.6 Å². The fourth-order valence-electron chi connectivity index (χ4n) is 3.34. The molecule has 1 aliphatic heterocycles. The minimum atomic E-state index is -4.63. The van der Waals surface area contributed by atoms with Crippen LogP contribution < -0.4 is 10.6 Å².